The summed E-state index contributed by atoms with van der Waals surface area (Å²) < 4.78 is 11.4. The highest BCUT2D eigenvalue weighted by Crippen LogP contribution is 2.47. The lowest BCUT2D eigenvalue weighted by molar-refractivity contribution is -0.00489. The van der Waals surface area contributed by atoms with E-state index >= 15 is 0 Å². The van der Waals surface area contributed by atoms with Crippen molar-refractivity contribution in [1.29, 1.82) is 0 Å². The van der Waals surface area contributed by atoms with Crippen molar-refractivity contribution in [3.8, 4) is 5.88 Å². The molecule has 27 heavy (non-hydrogen) atoms. The molecule has 0 amide bonds. The number of benzene rings is 1. The van der Waals surface area contributed by atoms with Crippen LogP contribution >= 0.6 is 0 Å². The number of methoxy groups -OCH3 is 1. The summed E-state index contributed by atoms with van der Waals surface area (Å²) in [5.74, 6) is 1.53. The van der Waals surface area contributed by atoms with Crippen molar-refractivity contribution < 1.29 is 9.47 Å². The molecule has 2 heterocycles. The van der Waals surface area contributed by atoms with Crippen molar-refractivity contribution in [3.05, 3.63) is 47.8 Å². The summed E-state index contributed by atoms with van der Waals surface area (Å²) in [5.41, 5.74) is 2.34. The first kappa shape index (κ1) is 18.2. The Bertz CT molecular complexity index is 770. The van der Waals surface area contributed by atoms with Gasteiger partial charge in [0.05, 0.1) is 12.8 Å². The molecule has 2 aliphatic rings. The molecule has 1 aliphatic carbocycles. The summed E-state index contributed by atoms with van der Waals surface area (Å²) in [6, 6.07) is 11.1. The molecule has 1 aromatic heterocycles. The molecule has 1 fully saturated rings. The number of hydrogen-bond donors (Lipinski definition) is 1. The molecule has 2 aromatic rings. The number of rotatable bonds is 6. The van der Waals surface area contributed by atoms with Crippen LogP contribution in [0.5, 0.6) is 5.88 Å². The van der Waals surface area contributed by atoms with E-state index in [2.05, 4.69) is 52.6 Å². The Morgan fingerprint density at radius 2 is 2.19 bits per heavy atom. The Balaban J connectivity index is 1.56. The molecule has 2 unspecified atom stereocenters. The van der Waals surface area contributed by atoms with Crippen LogP contribution in [0.4, 0.5) is 5.82 Å². The minimum atomic E-state index is 0.0989. The number of nitrogens with one attached hydrogen (secondary N) is 1. The molecule has 4 rings (SSSR count). The molecule has 1 aromatic carbocycles. The van der Waals surface area contributed by atoms with E-state index in [1.54, 1.807) is 7.11 Å². The van der Waals surface area contributed by atoms with Crippen molar-refractivity contribution in [2.45, 2.75) is 31.8 Å². The molecule has 0 saturated heterocycles. The molecular weight excluding hydrogens is 340 g/mol. The van der Waals surface area contributed by atoms with Crippen LogP contribution in [-0.2, 0) is 17.7 Å². The SMILES string of the molecule is COCC1(Cc2ccccc2)CCC1N(C)c1cnc2c(n1)OCCNC2. The van der Waals surface area contributed by atoms with E-state index in [1.807, 2.05) is 6.20 Å². The smallest absolute Gasteiger partial charge is 0.239 e. The average molecular weight is 368 g/mol. The Morgan fingerprint density at radius 1 is 1.33 bits per heavy atom. The summed E-state index contributed by atoms with van der Waals surface area (Å²) in [6.07, 6.45) is 5.17. The highest BCUT2D eigenvalue weighted by atomic mass is 16.5. The third-order valence-electron chi connectivity index (χ3n) is 5.89. The Morgan fingerprint density at radius 3 is 2.93 bits per heavy atom. The zero-order valence-corrected chi connectivity index (χ0v) is 16.1. The maximum absolute atomic E-state index is 5.78. The predicted octanol–water partition coefficient (Wildman–Crippen LogP) is 2.43. The van der Waals surface area contributed by atoms with Crippen molar-refractivity contribution >= 4 is 5.82 Å². The number of ether oxygens (including phenoxy) is 2. The minimum absolute atomic E-state index is 0.0989. The van der Waals surface area contributed by atoms with Crippen LogP contribution in [0.1, 0.15) is 24.1 Å². The average Bonchev–Trinajstić information content (AvgIpc) is 2.92. The van der Waals surface area contributed by atoms with Crippen molar-refractivity contribution in [2.24, 2.45) is 5.41 Å². The molecule has 144 valence electrons. The van der Waals surface area contributed by atoms with Crippen LogP contribution in [0.15, 0.2) is 36.5 Å². The van der Waals surface area contributed by atoms with Crippen LogP contribution < -0.4 is 15.0 Å². The van der Waals surface area contributed by atoms with Gasteiger partial charge in [0.25, 0.3) is 0 Å². The summed E-state index contributed by atoms with van der Waals surface area (Å²) >= 11 is 0. The molecule has 0 bridgehead atoms. The zero-order chi connectivity index (χ0) is 18.7. The minimum Gasteiger partial charge on any atom is -0.475 e. The second-order valence-corrected chi connectivity index (χ2v) is 7.63. The van der Waals surface area contributed by atoms with Gasteiger partial charge >= 0.3 is 0 Å². The molecule has 1 saturated carbocycles. The Labute approximate surface area is 160 Å². The van der Waals surface area contributed by atoms with Crippen LogP contribution in [0, 0.1) is 5.41 Å². The molecule has 1 N–H and O–H groups in total. The summed E-state index contributed by atoms with van der Waals surface area (Å²) in [4.78, 5) is 11.6. The van der Waals surface area contributed by atoms with Gasteiger partial charge in [0.15, 0.2) is 5.82 Å². The number of anilines is 1. The molecule has 0 spiro atoms. The van der Waals surface area contributed by atoms with Gasteiger partial charge in [-0.15, -0.1) is 0 Å². The lowest BCUT2D eigenvalue weighted by atomic mass is 9.61. The molecule has 1 aliphatic heterocycles. The molecule has 0 radical (unpaired) electrons. The summed E-state index contributed by atoms with van der Waals surface area (Å²) in [7, 11) is 3.91. The lowest BCUT2D eigenvalue weighted by Crippen LogP contribution is -2.58. The first-order valence-corrected chi connectivity index (χ1v) is 9.67. The van der Waals surface area contributed by atoms with Crippen LogP contribution in [0.2, 0.25) is 0 Å². The number of hydrogen-bond acceptors (Lipinski definition) is 6. The van der Waals surface area contributed by atoms with Crippen LogP contribution in [0.25, 0.3) is 0 Å². The van der Waals surface area contributed by atoms with Crippen LogP contribution in [-0.4, -0.2) is 49.9 Å². The van der Waals surface area contributed by atoms with Gasteiger partial charge in [0.2, 0.25) is 5.88 Å². The van der Waals surface area contributed by atoms with Gasteiger partial charge in [0.1, 0.15) is 12.3 Å². The maximum Gasteiger partial charge on any atom is 0.239 e. The quantitative estimate of drug-likeness (QED) is 0.845. The molecule has 6 heteroatoms. The molecule has 6 nitrogen and oxygen atoms in total. The van der Waals surface area contributed by atoms with E-state index < -0.39 is 0 Å². The molecular formula is C21H28N4O2. The van der Waals surface area contributed by atoms with Crippen LogP contribution in [0.3, 0.4) is 0 Å². The second kappa shape index (κ2) is 7.82. The molecule has 2 atom stereocenters. The zero-order valence-electron chi connectivity index (χ0n) is 16.1. The summed E-state index contributed by atoms with van der Waals surface area (Å²) in [6.45, 7) is 2.90. The Hall–Kier alpha value is -2.18. The fraction of sp³-hybridized carbons (Fsp3) is 0.524. The fourth-order valence-corrected chi connectivity index (χ4v) is 4.38. The van der Waals surface area contributed by atoms with Gasteiger partial charge in [-0.25, -0.2) is 0 Å². The highest BCUT2D eigenvalue weighted by Gasteiger charge is 2.49. The normalized spacial score (nSPS) is 24.3. The first-order chi connectivity index (χ1) is 13.2. The van der Waals surface area contributed by atoms with Crippen molar-refractivity contribution in [2.75, 3.05) is 38.8 Å². The monoisotopic (exact) mass is 368 g/mol. The van der Waals surface area contributed by atoms with Gasteiger partial charge in [-0.2, -0.15) is 4.98 Å². The highest BCUT2D eigenvalue weighted by molar-refractivity contribution is 5.42. The van der Waals surface area contributed by atoms with Gasteiger partial charge in [-0.1, -0.05) is 30.3 Å². The summed E-state index contributed by atoms with van der Waals surface area (Å²) in [5, 5.41) is 3.30. The van der Waals surface area contributed by atoms with Crippen molar-refractivity contribution in [1.82, 2.24) is 15.3 Å². The first-order valence-electron chi connectivity index (χ1n) is 9.67. The van der Waals surface area contributed by atoms with Gasteiger partial charge < -0.3 is 19.7 Å². The predicted molar refractivity (Wildman–Crippen MR) is 105 cm³/mol. The number of aromatic nitrogens is 2. The van der Waals surface area contributed by atoms with E-state index in [0.717, 1.165) is 43.9 Å². The van der Waals surface area contributed by atoms with Crippen molar-refractivity contribution in [3.63, 3.8) is 0 Å². The number of fused-ring (bicyclic) bond motifs is 1. The third-order valence-corrected chi connectivity index (χ3v) is 5.89. The van der Waals surface area contributed by atoms with Gasteiger partial charge in [-0.3, -0.25) is 4.98 Å². The maximum atomic E-state index is 5.78. The largest absolute Gasteiger partial charge is 0.475 e. The number of nitrogens with zero attached hydrogens (tertiary/aromatic N) is 3. The third kappa shape index (κ3) is 3.64. The van der Waals surface area contributed by atoms with Gasteiger partial charge in [-0.05, 0) is 24.8 Å². The Kier molecular flexibility index (Phi) is 5.27. The van der Waals surface area contributed by atoms with E-state index in [0.29, 0.717) is 25.1 Å². The standard InChI is InChI=1S/C21H28N4O2/c1-25(19-14-23-17-13-22-10-11-27-20(17)24-19)18-8-9-21(18,15-26-2)12-16-6-4-3-5-7-16/h3-7,14,18,22H,8-13,15H2,1-2H3. The topological polar surface area (TPSA) is 59.5 Å². The second-order valence-electron chi connectivity index (χ2n) is 7.63. The van der Waals surface area contributed by atoms with E-state index in [4.69, 9.17) is 14.5 Å². The fourth-order valence-electron chi connectivity index (χ4n) is 4.38. The lowest BCUT2D eigenvalue weighted by Gasteiger charge is -2.53. The van der Waals surface area contributed by atoms with Gasteiger partial charge in [0, 0.05) is 38.7 Å². The van der Waals surface area contributed by atoms with E-state index in [-0.39, 0.29) is 5.41 Å². The van der Waals surface area contributed by atoms with E-state index in [9.17, 15) is 0 Å². The van der Waals surface area contributed by atoms with E-state index in [1.165, 1.54) is 5.56 Å².